The predicted molar refractivity (Wildman–Crippen MR) is 210 cm³/mol. The second-order valence-corrected chi connectivity index (χ2v) is 21.9. The first kappa shape index (κ1) is 34.0. The van der Waals surface area contributed by atoms with Crippen molar-refractivity contribution >= 4 is 23.9 Å². The van der Waals surface area contributed by atoms with E-state index in [0.717, 1.165) is 132 Å². The lowest BCUT2D eigenvalue weighted by Crippen LogP contribution is -2.47. The fourth-order valence-corrected chi connectivity index (χ4v) is 18.8. The highest BCUT2D eigenvalue weighted by Gasteiger charge is 2.74. The average molecular weight is 813 g/mol. The molecule has 0 N–H and O–H groups in total. The van der Waals surface area contributed by atoms with Gasteiger partial charge in [-0.25, -0.2) is 19.2 Å². The van der Waals surface area contributed by atoms with Crippen LogP contribution in [0.4, 0.5) is 0 Å². The maximum atomic E-state index is 15.1. The van der Waals surface area contributed by atoms with E-state index in [-0.39, 0.29) is 90.0 Å². The van der Waals surface area contributed by atoms with Crippen LogP contribution in [0.1, 0.15) is 96.3 Å². The Balaban J connectivity index is 0.876. The van der Waals surface area contributed by atoms with Gasteiger partial charge < -0.3 is 18.9 Å². The molecule has 0 radical (unpaired) electrons. The molecule has 15 atom stereocenters. The summed E-state index contributed by atoms with van der Waals surface area (Å²) in [5.74, 6) is -0.751. The Bertz CT molecular complexity index is 2380. The van der Waals surface area contributed by atoms with Crippen LogP contribution in [-0.4, -0.2) is 140 Å². The second kappa shape index (κ2) is 10.6. The van der Waals surface area contributed by atoms with E-state index in [1.807, 2.05) is 0 Å². The van der Waals surface area contributed by atoms with Crippen molar-refractivity contribution < 1.29 is 38.1 Å². The van der Waals surface area contributed by atoms with Gasteiger partial charge in [-0.05, 0) is 119 Å². The Hall–Kier alpha value is -3.58. The van der Waals surface area contributed by atoms with E-state index in [0.29, 0.717) is 12.8 Å². The summed E-state index contributed by atoms with van der Waals surface area (Å²) in [5, 5.41) is 0. The highest BCUT2D eigenvalue weighted by atomic mass is 16.6. The van der Waals surface area contributed by atoms with Crippen molar-refractivity contribution in [2.75, 3.05) is 26.2 Å². The summed E-state index contributed by atoms with van der Waals surface area (Å²) in [4.78, 5) is 66.5. The Kier molecular flexibility index (Phi) is 6.00. The monoisotopic (exact) mass is 812 g/mol. The lowest BCUT2D eigenvalue weighted by atomic mass is 9.62. The minimum Gasteiger partial charge on any atom is -0.450 e. The van der Waals surface area contributed by atoms with Gasteiger partial charge in [-0.3, -0.25) is 19.6 Å². The van der Waals surface area contributed by atoms with Gasteiger partial charge in [-0.1, -0.05) is 6.08 Å². The Morgan fingerprint density at radius 1 is 0.500 bits per heavy atom. The maximum Gasteiger partial charge on any atom is 0.335 e. The van der Waals surface area contributed by atoms with Crippen LogP contribution >= 0.6 is 0 Å². The molecule has 0 aromatic heterocycles. The van der Waals surface area contributed by atoms with Gasteiger partial charge in [0.2, 0.25) is 0 Å². The fraction of sp³-hybridized carbons (Fsp3) is 0.708. The van der Waals surface area contributed by atoms with Gasteiger partial charge in [0, 0.05) is 96.5 Å². The molecule has 12 nitrogen and oxygen atoms in total. The minimum atomic E-state index is -0.675. The van der Waals surface area contributed by atoms with Crippen LogP contribution in [-0.2, 0) is 38.1 Å². The molecular weight excluding hydrogens is 761 g/mol. The van der Waals surface area contributed by atoms with Gasteiger partial charge in [0.15, 0.2) is 22.4 Å². The van der Waals surface area contributed by atoms with Crippen LogP contribution in [0.5, 0.6) is 0 Å². The predicted octanol–water partition coefficient (Wildman–Crippen LogP) is 3.56. The zero-order chi connectivity index (χ0) is 39.4. The quantitative estimate of drug-likeness (QED) is 0.307. The summed E-state index contributed by atoms with van der Waals surface area (Å²) in [6, 6.07) is 1.34. The third-order valence-electron chi connectivity index (χ3n) is 20.3. The van der Waals surface area contributed by atoms with Crippen LogP contribution < -0.4 is 0 Å². The molecule has 312 valence electrons. The topological polar surface area (TPSA) is 118 Å². The molecule has 0 aromatic carbocycles. The number of fused-ring (bicyclic) bond motifs is 12. The normalized spacial score (nSPS) is 52.4. The van der Waals surface area contributed by atoms with Crippen LogP contribution in [0, 0.1) is 17.8 Å². The molecule has 3 saturated carbocycles. The Morgan fingerprint density at radius 3 is 1.60 bits per heavy atom. The Labute approximate surface area is 348 Å². The lowest BCUT2D eigenvalue weighted by molar-refractivity contribution is -0.150. The number of nitrogens with zero attached hydrogens (tertiary/aromatic N) is 4. The smallest absolute Gasteiger partial charge is 0.335 e. The van der Waals surface area contributed by atoms with Crippen LogP contribution in [0.2, 0.25) is 0 Å². The molecule has 16 aliphatic rings. The molecule has 12 heterocycles. The van der Waals surface area contributed by atoms with Gasteiger partial charge in [-0.15, -0.1) is 0 Å². The van der Waals surface area contributed by atoms with Crippen LogP contribution in [0.3, 0.4) is 0 Å². The molecule has 8 saturated heterocycles. The van der Waals surface area contributed by atoms with Crippen molar-refractivity contribution in [2.45, 2.75) is 167 Å². The first-order valence-corrected chi connectivity index (χ1v) is 23.8. The molecule has 12 aliphatic heterocycles. The zero-order valence-corrected chi connectivity index (χ0v) is 34.1. The first-order chi connectivity index (χ1) is 29.2. The number of hydrogen-bond donors (Lipinski definition) is 0. The van der Waals surface area contributed by atoms with Crippen molar-refractivity contribution in [3.05, 3.63) is 57.2 Å². The van der Waals surface area contributed by atoms with Crippen molar-refractivity contribution in [1.29, 1.82) is 0 Å². The molecule has 16 rings (SSSR count). The van der Waals surface area contributed by atoms with E-state index in [1.165, 1.54) is 16.7 Å². The molecule has 4 aliphatic carbocycles. The summed E-state index contributed by atoms with van der Waals surface area (Å²) in [7, 11) is 0. The lowest BCUT2D eigenvalue weighted by Gasteiger charge is -2.43. The number of hydrogen-bond acceptors (Lipinski definition) is 12. The van der Waals surface area contributed by atoms with Crippen molar-refractivity contribution in [3.8, 4) is 0 Å². The summed E-state index contributed by atoms with van der Waals surface area (Å²) < 4.78 is 26.4. The van der Waals surface area contributed by atoms with E-state index in [1.54, 1.807) is 12.2 Å². The zero-order valence-electron chi connectivity index (χ0n) is 34.1. The van der Waals surface area contributed by atoms with E-state index in [4.69, 9.17) is 18.9 Å². The third-order valence-corrected chi connectivity index (χ3v) is 20.3. The van der Waals surface area contributed by atoms with Gasteiger partial charge in [0.25, 0.3) is 0 Å². The van der Waals surface area contributed by atoms with E-state index in [2.05, 4.69) is 25.7 Å². The number of carbonyl (C=O) groups excluding carboxylic acids is 4. The van der Waals surface area contributed by atoms with Gasteiger partial charge in [0.05, 0.1) is 24.2 Å². The Morgan fingerprint density at radius 2 is 0.983 bits per heavy atom. The van der Waals surface area contributed by atoms with Gasteiger partial charge >= 0.3 is 23.9 Å². The van der Waals surface area contributed by atoms with E-state index >= 15 is 4.79 Å². The first-order valence-electron chi connectivity index (χ1n) is 23.8. The molecular formula is C48H52N4O8. The second-order valence-electron chi connectivity index (χ2n) is 21.9. The summed E-state index contributed by atoms with van der Waals surface area (Å²) in [5.41, 5.74) is 5.28. The van der Waals surface area contributed by atoms with Crippen molar-refractivity contribution in [3.63, 3.8) is 0 Å². The average Bonchev–Trinajstić information content (AvgIpc) is 4.06. The molecule has 0 aromatic rings. The number of carbonyl (C=O) groups is 4. The molecule has 4 spiro atoms. The highest BCUT2D eigenvalue weighted by Crippen LogP contribution is 2.68. The van der Waals surface area contributed by atoms with Crippen molar-refractivity contribution in [1.82, 2.24) is 19.6 Å². The largest absolute Gasteiger partial charge is 0.450 e. The fourth-order valence-electron chi connectivity index (χ4n) is 18.8. The molecule has 11 fully saturated rings. The number of rotatable bonds is 3. The number of esters is 4. The molecule has 0 amide bonds. The standard InChI is InChI=1S/C48H52N4O8/c53-38-15-23-13-28(32-20-45(23,57-38)34-5-2-11-51(32)34)40-30-18-26(31-22-47(30,59-43(40)55)36-7-4-10-50(31)36)27-17-25-19-48(37-8-1-9-49(25)37)42(27)41(44(56)60-48)29-14-24-16-39(54)58-46(24)21-33(29)52-12-3-6-35(46)52/h15-17,25-26,28-29,31-37H,1-14,18-22H2/t25-,26-,28+,29+,31+,32+,33+,34-,35-,36-,37-,45+,46+,47+,48-/m1/s1. The van der Waals surface area contributed by atoms with Gasteiger partial charge in [0.1, 0.15) is 0 Å². The summed E-state index contributed by atoms with van der Waals surface area (Å²) >= 11 is 0. The molecule has 12 heteroatoms. The SMILES string of the molecule is O=C1C=C2C[C@H](C3=C4C([C@H]5CC6=C([C@H]7CC8=CC(=O)O[C@@]89C[C@@H]7N7CCC[C@@H]79)C(=O)O[C@@]67C[C@@H]5N5CCC[C@@H]57)=C[C@@H]5C[C@@]4(OC3=O)[C@H]3CCCN53)[C@@H]3C[C@@]2(O1)[C@H]1CCCN31. The summed E-state index contributed by atoms with van der Waals surface area (Å²) in [6.45, 7) is 3.95. The highest BCUT2D eigenvalue weighted by molar-refractivity contribution is 5.97. The van der Waals surface area contributed by atoms with Crippen LogP contribution in [0.15, 0.2) is 57.2 Å². The van der Waals surface area contributed by atoms with E-state index in [9.17, 15) is 14.4 Å². The maximum absolute atomic E-state index is 15.1. The molecule has 60 heavy (non-hydrogen) atoms. The third kappa shape index (κ3) is 3.58. The molecule has 0 unspecified atom stereocenters. The summed E-state index contributed by atoms with van der Waals surface area (Å²) in [6.07, 6.45) is 19.7. The van der Waals surface area contributed by atoms with E-state index < -0.39 is 22.4 Å². The van der Waals surface area contributed by atoms with Crippen molar-refractivity contribution in [2.24, 2.45) is 17.8 Å². The molecule has 8 bridgehead atoms. The minimum absolute atomic E-state index is 0.0427. The van der Waals surface area contributed by atoms with Gasteiger partial charge in [-0.2, -0.15) is 0 Å². The number of ether oxygens (including phenoxy) is 4. The van der Waals surface area contributed by atoms with Crippen LogP contribution in [0.25, 0.3) is 0 Å².